The minimum atomic E-state index is -0.661. The summed E-state index contributed by atoms with van der Waals surface area (Å²) < 4.78 is 12.8. The molecule has 0 spiro atoms. The summed E-state index contributed by atoms with van der Waals surface area (Å²) in [6, 6.07) is 23.7. The number of rotatable bonds is 11. The number of carbonyl (C=O) groups excluding carboxylic acids is 2. The van der Waals surface area contributed by atoms with Crippen LogP contribution in [0.5, 0.6) is 0 Å². The van der Waals surface area contributed by atoms with E-state index in [2.05, 4.69) is 57.2 Å². The van der Waals surface area contributed by atoms with Crippen molar-refractivity contribution < 1.29 is 19.1 Å². The Bertz CT molecular complexity index is 1440. The molecule has 0 fully saturated rings. The Balaban J connectivity index is 1.50. The van der Waals surface area contributed by atoms with E-state index in [1.807, 2.05) is 60.7 Å². The number of allylic oxidation sites excluding steroid dienone is 4. The van der Waals surface area contributed by atoms with E-state index in [1.54, 1.807) is 0 Å². The molecule has 0 aromatic heterocycles. The standard InChI is InChI=1S/C38H42O4/c1-4-6-14-27-16-12-20-30(24-27)37(39)41-35-26(3)32-22-10-11-23-33(32)34(29-18-8-9-19-29)36(35)42-38(40)31-21-13-17-28(25-31)15-7-5-2/h8-13,16-26,29,34-36H,4-7,14-15H2,1-3H3/t26-,34-,35?,36?/m0/s1. The van der Waals surface area contributed by atoms with Crippen molar-refractivity contribution in [3.63, 3.8) is 0 Å². The van der Waals surface area contributed by atoms with Gasteiger partial charge in [0.1, 0.15) is 12.2 Å². The van der Waals surface area contributed by atoms with Gasteiger partial charge < -0.3 is 9.47 Å². The molecule has 2 unspecified atom stereocenters. The van der Waals surface area contributed by atoms with Crippen molar-refractivity contribution in [3.8, 4) is 0 Å². The smallest absolute Gasteiger partial charge is 0.338 e. The van der Waals surface area contributed by atoms with Crippen LogP contribution in [0, 0.1) is 5.92 Å². The predicted octanol–water partition coefficient (Wildman–Crippen LogP) is 8.77. The van der Waals surface area contributed by atoms with Crippen molar-refractivity contribution in [1.82, 2.24) is 0 Å². The van der Waals surface area contributed by atoms with Gasteiger partial charge >= 0.3 is 11.9 Å². The average molecular weight is 563 g/mol. The van der Waals surface area contributed by atoms with E-state index in [0.29, 0.717) is 11.1 Å². The number of carbonyl (C=O) groups is 2. The lowest BCUT2D eigenvalue weighted by molar-refractivity contribution is -0.0603. The summed E-state index contributed by atoms with van der Waals surface area (Å²) in [4.78, 5) is 27.4. The highest BCUT2D eigenvalue weighted by Gasteiger charge is 2.48. The molecule has 5 rings (SSSR count). The second kappa shape index (κ2) is 13.8. The third-order valence-corrected chi connectivity index (χ3v) is 8.66. The molecule has 2 aliphatic rings. The maximum Gasteiger partial charge on any atom is 0.338 e. The number of hydrogen-bond acceptors (Lipinski definition) is 4. The predicted molar refractivity (Wildman–Crippen MR) is 168 cm³/mol. The van der Waals surface area contributed by atoms with Crippen LogP contribution in [0.1, 0.15) is 101 Å². The zero-order chi connectivity index (χ0) is 29.5. The molecular weight excluding hydrogens is 520 g/mol. The van der Waals surface area contributed by atoms with Crippen LogP contribution < -0.4 is 0 Å². The molecule has 0 N–H and O–H groups in total. The summed E-state index contributed by atoms with van der Waals surface area (Å²) in [5.41, 5.74) is 5.56. The number of ether oxygens (including phenoxy) is 2. The Morgan fingerprint density at radius 2 is 1.19 bits per heavy atom. The lowest BCUT2D eigenvalue weighted by Gasteiger charge is -2.43. The highest BCUT2D eigenvalue weighted by Crippen LogP contribution is 2.47. The van der Waals surface area contributed by atoms with Gasteiger partial charge in [0.2, 0.25) is 0 Å². The molecule has 42 heavy (non-hydrogen) atoms. The Hall–Kier alpha value is -3.92. The highest BCUT2D eigenvalue weighted by molar-refractivity contribution is 5.91. The Morgan fingerprint density at radius 3 is 1.74 bits per heavy atom. The summed E-state index contributed by atoms with van der Waals surface area (Å²) in [7, 11) is 0. The average Bonchev–Trinajstić information content (AvgIpc) is 3.55. The van der Waals surface area contributed by atoms with Gasteiger partial charge in [-0.05, 0) is 72.2 Å². The van der Waals surface area contributed by atoms with E-state index in [0.717, 1.165) is 60.8 Å². The minimum absolute atomic E-state index is 0.0194. The largest absolute Gasteiger partial charge is 0.454 e. The lowest BCUT2D eigenvalue weighted by Crippen LogP contribution is -2.47. The van der Waals surface area contributed by atoms with Crippen molar-refractivity contribution in [3.05, 3.63) is 130 Å². The summed E-state index contributed by atoms with van der Waals surface area (Å²) in [5.74, 6) is -1.10. The van der Waals surface area contributed by atoms with Crippen LogP contribution in [-0.2, 0) is 22.3 Å². The number of unbranched alkanes of at least 4 members (excludes halogenated alkanes) is 2. The van der Waals surface area contributed by atoms with Gasteiger partial charge in [0.05, 0.1) is 11.1 Å². The zero-order valence-corrected chi connectivity index (χ0v) is 25.0. The van der Waals surface area contributed by atoms with Crippen molar-refractivity contribution in [2.24, 2.45) is 5.92 Å². The SMILES string of the molecule is CCCCc1cccc(C(=O)OC2C(OC(=O)c3cccc(CCCC)c3)[C@@H](C)c3ccccc3[C@@H]2C2C=CC=C2)c1. The first-order chi connectivity index (χ1) is 20.5. The summed E-state index contributed by atoms with van der Waals surface area (Å²) in [6.07, 6.45) is 13.2. The first kappa shape index (κ1) is 29.6. The van der Waals surface area contributed by atoms with Crippen LogP contribution in [-0.4, -0.2) is 24.1 Å². The fraction of sp³-hybridized carbons (Fsp3) is 0.368. The minimum Gasteiger partial charge on any atom is -0.454 e. The zero-order valence-electron chi connectivity index (χ0n) is 25.0. The molecule has 0 heterocycles. The molecule has 0 saturated heterocycles. The van der Waals surface area contributed by atoms with Gasteiger partial charge in [0.15, 0.2) is 0 Å². The van der Waals surface area contributed by atoms with E-state index in [4.69, 9.17) is 9.47 Å². The number of hydrogen-bond donors (Lipinski definition) is 0. The molecule has 0 bridgehead atoms. The Kier molecular flexibility index (Phi) is 9.74. The maximum absolute atomic E-state index is 13.8. The summed E-state index contributed by atoms with van der Waals surface area (Å²) >= 11 is 0. The van der Waals surface area contributed by atoms with Gasteiger partial charge in [-0.15, -0.1) is 0 Å². The molecule has 4 nitrogen and oxygen atoms in total. The van der Waals surface area contributed by atoms with Crippen molar-refractivity contribution in [2.75, 3.05) is 0 Å². The van der Waals surface area contributed by atoms with Crippen LogP contribution in [0.15, 0.2) is 97.1 Å². The van der Waals surface area contributed by atoms with Crippen LogP contribution >= 0.6 is 0 Å². The van der Waals surface area contributed by atoms with E-state index < -0.39 is 12.2 Å². The molecule has 218 valence electrons. The van der Waals surface area contributed by atoms with Crippen LogP contribution in [0.25, 0.3) is 0 Å². The second-order valence-electron chi connectivity index (χ2n) is 11.6. The molecule has 2 aliphatic carbocycles. The van der Waals surface area contributed by atoms with E-state index in [9.17, 15) is 9.59 Å². The molecule has 0 saturated carbocycles. The normalized spacial score (nSPS) is 21.2. The molecule has 0 amide bonds. The maximum atomic E-state index is 13.8. The number of fused-ring (bicyclic) bond motifs is 1. The van der Waals surface area contributed by atoms with Gasteiger partial charge in [-0.25, -0.2) is 9.59 Å². The summed E-state index contributed by atoms with van der Waals surface area (Å²) in [6.45, 7) is 6.39. The third kappa shape index (κ3) is 6.59. The van der Waals surface area contributed by atoms with Gasteiger partial charge in [-0.1, -0.05) is 106 Å². The number of aryl methyl sites for hydroxylation is 2. The van der Waals surface area contributed by atoms with Gasteiger partial charge in [-0.2, -0.15) is 0 Å². The molecule has 4 atom stereocenters. The first-order valence-electron chi connectivity index (χ1n) is 15.5. The van der Waals surface area contributed by atoms with Gasteiger partial charge in [0.25, 0.3) is 0 Å². The first-order valence-corrected chi connectivity index (χ1v) is 15.5. The highest BCUT2D eigenvalue weighted by atomic mass is 16.6. The van der Waals surface area contributed by atoms with E-state index >= 15 is 0 Å². The van der Waals surface area contributed by atoms with Crippen LogP contribution in [0.3, 0.4) is 0 Å². The number of esters is 2. The number of benzene rings is 3. The fourth-order valence-electron chi connectivity index (χ4n) is 6.35. The van der Waals surface area contributed by atoms with E-state index in [1.165, 1.54) is 0 Å². The lowest BCUT2D eigenvalue weighted by atomic mass is 9.69. The molecule has 0 aliphatic heterocycles. The Labute approximate surface area is 250 Å². The van der Waals surface area contributed by atoms with Crippen LogP contribution in [0.4, 0.5) is 0 Å². The topological polar surface area (TPSA) is 52.6 Å². The van der Waals surface area contributed by atoms with Crippen molar-refractivity contribution in [1.29, 1.82) is 0 Å². The molecule has 3 aromatic rings. The van der Waals surface area contributed by atoms with Gasteiger partial charge in [-0.3, -0.25) is 0 Å². The molecule has 0 radical (unpaired) electrons. The monoisotopic (exact) mass is 562 g/mol. The van der Waals surface area contributed by atoms with Crippen molar-refractivity contribution in [2.45, 2.75) is 83.3 Å². The summed E-state index contributed by atoms with van der Waals surface area (Å²) in [5, 5.41) is 0. The molecular formula is C38H42O4. The van der Waals surface area contributed by atoms with Gasteiger partial charge in [0, 0.05) is 17.8 Å². The van der Waals surface area contributed by atoms with Crippen LogP contribution in [0.2, 0.25) is 0 Å². The fourth-order valence-corrected chi connectivity index (χ4v) is 6.35. The Morgan fingerprint density at radius 1 is 0.667 bits per heavy atom. The second-order valence-corrected chi connectivity index (χ2v) is 11.6. The van der Waals surface area contributed by atoms with Crippen molar-refractivity contribution >= 4 is 11.9 Å². The third-order valence-electron chi connectivity index (χ3n) is 8.66. The molecule has 4 heteroatoms. The quantitative estimate of drug-likeness (QED) is 0.219. The van der Waals surface area contributed by atoms with E-state index in [-0.39, 0.29) is 29.7 Å². The molecule has 3 aromatic carbocycles.